The zero-order valence-electron chi connectivity index (χ0n) is 11.4. The van der Waals surface area contributed by atoms with Crippen molar-refractivity contribution in [3.05, 3.63) is 29.8 Å². The fourth-order valence-electron chi connectivity index (χ4n) is 2.08. The molecule has 0 fully saturated rings. The molecule has 0 heterocycles. The number of hydrogen-bond donors (Lipinski definition) is 1. The fraction of sp³-hybridized carbons (Fsp3) is 0.533. The number of aliphatic hydroxyl groups excluding tert-OH is 1. The molecule has 1 N–H and O–H groups in total. The van der Waals surface area contributed by atoms with E-state index in [1.165, 1.54) is 0 Å². The minimum Gasteiger partial charge on any atom is -0.388 e. The Bertz CT molecular complexity index is 409. The van der Waals surface area contributed by atoms with Gasteiger partial charge in [0.25, 0.3) is 0 Å². The molecule has 98 valence electrons. The molecule has 0 radical (unpaired) electrons. The van der Waals surface area contributed by atoms with Gasteiger partial charge in [0, 0.05) is 23.8 Å². The van der Waals surface area contributed by atoms with Crippen LogP contribution in [0.4, 0.5) is 5.69 Å². The molecule has 0 spiro atoms. The molecule has 0 saturated carbocycles. The van der Waals surface area contributed by atoms with Gasteiger partial charge in [0.1, 0.15) is 0 Å². The summed E-state index contributed by atoms with van der Waals surface area (Å²) in [4.78, 5) is 2.18. The maximum absolute atomic E-state index is 10.1. The number of rotatable bonds is 6. The van der Waals surface area contributed by atoms with Gasteiger partial charge in [-0.25, -0.2) is 0 Å². The van der Waals surface area contributed by atoms with Crippen molar-refractivity contribution in [3.8, 4) is 6.07 Å². The van der Waals surface area contributed by atoms with E-state index in [2.05, 4.69) is 24.8 Å². The van der Waals surface area contributed by atoms with E-state index >= 15 is 0 Å². The van der Waals surface area contributed by atoms with Crippen molar-refractivity contribution < 1.29 is 5.11 Å². The van der Waals surface area contributed by atoms with E-state index < -0.39 is 6.10 Å². The van der Waals surface area contributed by atoms with E-state index in [1.807, 2.05) is 31.2 Å². The maximum atomic E-state index is 10.1. The van der Waals surface area contributed by atoms with E-state index in [-0.39, 0.29) is 0 Å². The first-order chi connectivity index (χ1) is 8.61. The third kappa shape index (κ3) is 3.48. The first-order valence-corrected chi connectivity index (χ1v) is 6.52. The van der Waals surface area contributed by atoms with Crippen molar-refractivity contribution in [1.82, 2.24) is 0 Å². The molecule has 1 atom stereocenters. The highest BCUT2D eigenvalue weighted by atomic mass is 16.3. The Hall–Kier alpha value is -1.53. The summed E-state index contributed by atoms with van der Waals surface area (Å²) in [7, 11) is 0. The van der Waals surface area contributed by atoms with Crippen LogP contribution in [0, 0.1) is 11.3 Å². The number of hydrogen-bond acceptors (Lipinski definition) is 3. The lowest BCUT2D eigenvalue weighted by Gasteiger charge is -2.31. The molecule has 0 aliphatic heterocycles. The van der Waals surface area contributed by atoms with Crippen LogP contribution in [-0.4, -0.2) is 17.7 Å². The van der Waals surface area contributed by atoms with Crippen LogP contribution in [0.5, 0.6) is 0 Å². The van der Waals surface area contributed by atoms with Gasteiger partial charge >= 0.3 is 0 Å². The zero-order valence-corrected chi connectivity index (χ0v) is 11.4. The monoisotopic (exact) mass is 246 g/mol. The summed E-state index contributed by atoms with van der Waals surface area (Å²) in [5.74, 6) is 0. The van der Waals surface area contributed by atoms with Crippen LogP contribution in [0.15, 0.2) is 24.3 Å². The Morgan fingerprint density at radius 1 is 1.33 bits per heavy atom. The van der Waals surface area contributed by atoms with Gasteiger partial charge in [-0.3, -0.25) is 0 Å². The Morgan fingerprint density at radius 2 is 2.00 bits per heavy atom. The summed E-state index contributed by atoms with van der Waals surface area (Å²) in [6.45, 7) is 6.87. The second-order valence-corrected chi connectivity index (χ2v) is 4.68. The zero-order chi connectivity index (χ0) is 13.5. The van der Waals surface area contributed by atoms with Crippen molar-refractivity contribution >= 4 is 5.69 Å². The minimum atomic E-state index is -0.440. The second-order valence-electron chi connectivity index (χ2n) is 4.68. The van der Waals surface area contributed by atoms with E-state index in [0.29, 0.717) is 25.4 Å². The number of benzene rings is 1. The first-order valence-electron chi connectivity index (χ1n) is 6.52. The van der Waals surface area contributed by atoms with Crippen molar-refractivity contribution in [2.45, 2.75) is 45.8 Å². The number of nitriles is 1. The van der Waals surface area contributed by atoms with Gasteiger partial charge in [0.15, 0.2) is 0 Å². The number of para-hydroxylation sites is 1. The lowest BCUT2D eigenvalue weighted by Crippen LogP contribution is -2.32. The molecule has 1 aromatic carbocycles. The van der Waals surface area contributed by atoms with Gasteiger partial charge in [0.05, 0.1) is 18.6 Å². The van der Waals surface area contributed by atoms with E-state index in [9.17, 15) is 5.11 Å². The van der Waals surface area contributed by atoms with Crippen LogP contribution < -0.4 is 4.90 Å². The normalized spacial score (nSPS) is 12.2. The highest BCUT2D eigenvalue weighted by Crippen LogP contribution is 2.29. The largest absolute Gasteiger partial charge is 0.388 e. The van der Waals surface area contributed by atoms with Crippen LogP contribution in [0.2, 0.25) is 0 Å². The molecule has 3 heteroatoms. The predicted octanol–water partition coefficient (Wildman–Crippen LogP) is 3.26. The van der Waals surface area contributed by atoms with Crippen LogP contribution in [0.25, 0.3) is 0 Å². The number of aliphatic hydroxyl groups is 1. The quantitative estimate of drug-likeness (QED) is 0.838. The summed E-state index contributed by atoms with van der Waals surface area (Å²) < 4.78 is 0. The third-order valence-electron chi connectivity index (χ3n) is 3.08. The molecule has 1 rings (SSSR count). The van der Waals surface area contributed by atoms with E-state index in [1.54, 1.807) is 0 Å². The smallest absolute Gasteiger partial charge is 0.0807 e. The van der Waals surface area contributed by atoms with E-state index in [0.717, 1.165) is 11.3 Å². The molecule has 0 unspecified atom stereocenters. The lowest BCUT2D eigenvalue weighted by atomic mass is 10.0. The molecule has 0 aromatic heterocycles. The highest BCUT2D eigenvalue weighted by molar-refractivity contribution is 5.55. The summed E-state index contributed by atoms with van der Waals surface area (Å²) in [5.41, 5.74) is 1.99. The van der Waals surface area contributed by atoms with Gasteiger partial charge in [-0.1, -0.05) is 25.1 Å². The molecule has 0 amide bonds. The highest BCUT2D eigenvalue weighted by Gasteiger charge is 2.17. The standard InChI is InChI=1S/C15H22N2O/c1-4-15(18)13-8-5-6-9-14(13)17(12(2)3)11-7-10-16/h5-6,8-9,12,15,18H,4,7,11H2,1-3H3/t15-/m1/s1. The number of anilines is 1. The first kappa shape index (κ1) is 14.5. The van der Waals surface area contributed by atoms with Crippen LogP contribution in [0.1, 0.15) is 45.3 Å². The van der Waals surface area contributed by atoms with Gasteiger partial charge in [-0.15, -0.1) is 0 Å². The van der Waals surface area contributed by atoms with Gasteiger partial charge in [-0.05, 0) is 26.3 Å². The van der Waals surface area contributed by atoms with Gasteiger partial charge in [0.2, 0.25) is 0 Å². The van der Waals surface area contributed by atoms with Crippen LogP contribution >= 0.6 is 0 Å². The molecular formula is C15H22N2O. The summed E-state index contributed by atoms with van der Waals surface area (Å²) in [6, 6.07) is 10.4. The number of nitrogens with zero attached hydrogens (tertiary/aromatic N) is 2. The SMILES string of the molecule is CC[C@@H](O)c1ccccc1N(CCC#N)C(C)C. The molecule has 0 saturated heterocycles. The maximum Gasteiger partial charge on any atom is 0.0807 e. The average Bonchev–Trinajstić information content (AvgIpc) is 2.38. The molecular weight excluding hydrogens is 224 g/mol. The molecule has 0 bridgehead atoms. The molecule has 1 aromatic rings. The van der Waals surface area contributed by atoms with Crippen LogP contribution in [0.3, 0.4) is 0 Å². The van der Waals surface area contributed by atoms with Crippen LogP contribution in [-0.2, 0) is 0 Å². The van der Waals surface area contributed by atoms with Crippen molar-refractivity contribution in [1.29, 1.82) is 5.26 Å². The average molecular weight is 246 g/mol. The van der Waals surface area contributed by atoms with Gasteiger partial charge < -0.3 is 10.0 Å². The molecule has 3 nitrogen and oxygen atoms in total. The fourth-order valence-corrected chi connectivity index (χ4v) is 2.08. The third-order valence-corrected chi connectivity index (χ3v) is 3.08. The molecule has 0 aliphatic rings. The summed E-state index contributed by atoms with van der Waals surface area (Å²) in [6.07, 6.45) is 0.750. The second kappa shape index (κ2) is 7.03. The predicted molar refractivity (Wildman–Crippen MR) is 74.4 cm³/mol. The van der Waals surface area contributed by atoms with Crippen molar-refractivity contribution in [2.75, 3.05) is 11.4 Å². The Morgan fingerprint density at radius 3 is 2.56 bits per heavy atom. The van der Waals surface area contributed by atoms with Crippen molar-refractivity contribution in [3.63, 3.8) is 0 Å². The summed E-state index contributed by atoms with van der Waals surface area (Å²) in [5, 5.41) is 18.8. The molecule has 18 heavy (non-hydrogen) atoms. The Kier molecular flexibility index (Phi) is 5.67. The van der Waals surface area contributed by atoms with Crippen molar-refractivity contribution in [2.24, 2.45) is 0 Å². The lowest BCUT2D eigenvalue weighted by molar-refractivity contribution is 0.174. The summed E-state index contributed by atoms with van der Waals surface area (Å²) >= 11 is 0. The van der Waals surface area contributed by atoms with E-state index in [4.69, 9.17) is 5.26 Å². The topological polar surface area (TPSA) is 47.3 Å². The Labute approximate surface area is 110 Å². The molecule has 0 aliphatic carbocycles. The minimum absolute atomic E-state index is 0.309. The van der Waals surface area contributed by atoms with Gasteiger partial charge in [-0.2, -0.15) is 5.26 Å². The Balaban J connectivity index is 3.07.